The Balaban J connectivity index is 1.45. The van der Waals surface area contributed by atoms with Crippen molar-refractivity contribution in [3.05, 3.63) is 60.2 Å². The van der Waals surface area contributed by atoms with Crippen molar-refractivity contribution in [2.75, 3.05) is 13.1 Å². The average Bonchev–Trinajstić information content (AvgIpc) is 2.69. The van der Waals surface area contributed by atoms with Crippen molar-refractivity contribution in [1.82, 2.24) is 31.2 Å². The van der Waals surface area contributed by atoms with Crippen LogP contribution in [-0.4, -0.2) is 35.1 Å². The number of amides is 4. The molecular weight excluding hydrogens is 332 g/mol. The Hall–Kier alpha value is -3.16. The molecule has 4 amide bonds. The zero-order chi connectivity index (χ0) is 18.5. The van der Waals surface area contributed by atoms with Gasteiger partial charge in [0.25, 0.3) is 0 Å². The van der Waals surface area contributed by atoms with Crippen LogP contribution in [0.15, 0.2) is 49.1 Å². The maximum atomic E-state index is 11.6. The Kier molecular flexibility index (Phi) is 8.41. The highest BCUT2D eigenvalue weighted by atomic mass is 16.2. The third-order valence-corrected chi connectivity index (χ3v) is 3.53. The third kappa shape index (κ3) is 8.09. The number of carbonyl (C=O) groups is 2. The van der Waals surface area contributed by atoms with Crippen LogP contribution in [0, 0.1) is 0 Å². The number of unbranched alkanes of at least 4 members (excludes halogenated alkanes) is 1. The van der Waals surface area contributed by atoms with Gasteiger partial charge in [-0.05, 0) is 36.1 Å². The van der Waals surface area contributed by atoms with E-state index in [1.807, 2.05) is 24.3 Å². The van der Waals surface area contributed by atoms with E-state index >= 15 is 0 Å². The second-order valence-electron chi connectivity index (χ2n) is 5.65. The van der Waals surface area contributed by atoms with Crippen LogP contribution >= 0.6 is 0 Å². The van der Waals surface area contributed by atoms with E-state index in [0.717, 1.165) is 24.0 Å². The summed E-state index contributed by atoms with van der Waals surface area (Å²) in [6.45, 7) is 1.99. The first-order chi connectivity index (χ1) is 12.7. The quantitative estimate of drug-likeness (QED) is 0.511. The summed E-state index contributed by atoms with van der Waals surface area (Å²) in [6.07, 6.45) is 8.37. The van der Waals surface area contributed by atoms with Gasteiger partial charge in [0.2, 0.25) is 0 Å². The van der Waals surface area contributed by atoms with Crippen molar-refractivity contribution in [3.8, 4) is 0 Å². The number of aromatic nitrogens is 2. The molecule has 0 aliphatic heterocycles. The summed E-state index contributed by atoms with van der Waals surface area (Å²) in [5, 5.41) is 11.1. The number of rotatable bonds is 9. The van der Waals surface area contributed by atoms with Gasteiger partial charge in [-0.3, -0.25) is 9.97 Å². The minimum atomic E-state index is -0.212. The van der Waals surface area contributed by atoms with Crippen LogP contribution in [-0.2, 0) is 13.1 Å². The molecule has 2 rings (SSSR count). The lowest BCUT2D eigenvalue weighted by Gasteiger charge is -2.09. The van der Waals surface area contributed by atoms with Gasteiger partial charge in [0.1, 0.15) is 0 Å². The lowest BCUT2D eigenvalue weighted by Crippen LogP contribution is -2.37. The second-order valence-corrected chi connectivity index (χ2v) is 5.65. The first kappa shape index (κ1) is 19.2. The standard InChI is InChI=1S/C18H24N6O2/c25-17(23-13-15-5-3-7-19-11-15)21-9-1-2-10-22-18(26)24-14-16-6-4-8-20-12-16/h3-8,11-12H,1-2,9-10,13-14H2,(H2,21,23,25)(H2,22,24,26). The smallest absolute Gasteiger partial charge is 0.315 e. The molecule has 0 aliphatic rings. The van der Waals surface area contributed by atoms with Crippen molar-refractivity contribution in [1.29, 1.82) is 0 Å². The first-order valence-corrected chi connectivity index (χ1v) is 8.55. The number of hydrogen-bond donors (Lipinski definition) is 4. The highest BCUT2D eigenvalue weighted by molar-refractivity contribution is 5.74. The fourth-order valence-electron chi connectivity index (χ4n) is 2.15. The van der Waals surface area contributed by atoms with Gasteiger partial charge < -0.3 is 21.3 Å². The third-order valence-electron chi connectivity index (χ3n) is 3.53. The van der Waals surface area contributed by atoms with Crippen molar-refractivity contribution in [2.45, 2.75) is 25.9 Å². The lowest BCUT2D eigenvalue weighted by atomic mass is 10.3. The molecule has 0 fully saturated rings. The van der Waals surface area contributed by atoms with Crippen LogP contribution in [0.4, 0.5) is 9.59 Å². The van der Waals surface area contributed by atoms with Crippen LogP contribution in [0.5, 0.6) is 0 Å². The molecule has 26 heavy (non-hydrogen) atoms. The largest absolute Gasteiger partial charge is 0.338 e. The van der Waals surface area contributed by atoms with Gasteiger partial charge >= 0.3 is 12.1 Å². The summed E-state index contributed by atoms with van der Waals surface area (Å²) in [4.78, 5) is 31.3. The number of pyridine rings is 2. The monoisotopic (exact) mass is 356 g/mol. The topological polar surface area (TPSA) is 108 Å². The summed E-state index contributed by atoms with van der Waals surface area (Å²) in [6, 6.07) is 7.03. The van der Waals surface area contributed by atoms with E-state index in [1.165, 1.54) is 0 Å². The van der Waals surface area contributed by atoms with E-state index in [-0.39, 0.29) is 12.1 Å². The van der Waals surface area contributed by atoms with Crippen LogP contribution in [0.1, 0.15) is 24.0 Å². The van der Waals surface area contributed by atoms with Crippen LogP contribution in [0.25, 0.3) is 0 Å². The Morgan fingerprint density at radius 3 is 1.58 bits per heavy atom. The summed E-state index contributed by atoms with van der Waals surface area (Å²) in [5.41, 5.74) is 1.90. The molecule has 2 aromatic rings. The molecule has 4 N–H and O–H groups in total. The summed E-state index contributed by atoms with van der Waals surface area (Å²) in [7, 11) is 0. The molecular formula is C18H24N6O2. The summed E-state index contributed by atoms with van der Waals surface area (Å²) < 4.78 is 0. The van der Waals surface area contributed by atoms with E-state index < -0.39 is 0 Å². The maximum absolute atomic E-state index is 11.6. The second kappa shape index (κ2) is 11.4. The van der Waals surface area contributed by atoms with E-state index in [9.17, 15) is 9.59 Å². The van der Waals surface area contributed by atoms with Crippen molar-refractivity contribution in [2.24, 2.45) is 0 Å². The molecule has 8 nitrogen and oxygen atoms in total. The minimum absolute atomic E-state index is 0.212. The molecule has 0 spiro atoms. The van der Waals surface area contributed by atoms with E-state index in [0.29, 0.717) is 26.2 Å². The molecule has 0 aliphatic carbocycles. The van der Waals surface area contributed by atoms with Crippen molar-refractivity contribution < 1.29 is 9.59 Å². The van der Waals surface area contributed by atoms with Gasteiger partial charge in [0, 0.05) is 51.0 Å². The Bertz CT molecular complexity index is 606. The molecule has 2 aromatic heterocycles. The van der Waals surface area contributed by atoms with Gasteiger partial charge in [-0.1, -0.05) is 12.1 Å². The van der Waals surface area contributed by atoms with E-state index in [1.54, 1.807) is 24.8 Å². The highest BCUT2D eigenvalue weighted by Gasteiger charge is 2.01. The fourth-order valence-corrected chi connectivity index (χ4v) is 2.15. The van der Waals surface area contributed by atoms with E-state index in [2.05, 4.69) is 31.2 Å². The summed E-state index contributed by atoms with van der Waals surface area (Å²) in [5.74, 6) is 0. The van der Waals surface area contributed by atoms with Crippen molar-refractivity contribution >= 4 is 12.1 Å². The number of urea groups is 2. The fraction of sp³-hybridized carbons (Fsp3) is 0.333. The molecule has 0 atom stereocenters. The van der Waals surface area contributed by atoms with Crippen LogP contribution < -0.4 is 21.3 Å². The Morgan fingerprint density at radius 2 is 1.19 bits per heavy atom. The number of hydrogen-bond acceptors (Lipinski definition) is 4. The number of carbonyl (C=O) groups excluding carboxylic acids is 2. The Labute approximate surface area is 152 Å². The molecule has 2 heterocycles. The summed E-state index contributed by atoms with van der Waals surface area (Å²) >= 11 is 0. The molecule has 0 radical (unpaired) electrons. The molecule has 0 saturated carbocycles. The minimum Gasteiger partial charge on any atom is -0.338 e. The molecule has 138 valence electrons. The normalized spacial score (nSPS) is 10.0. The van der Waals surface area contributed by atoms with Crippen molar-refractivity contribution in [3.63, 3.8) is 0 Å². The molecule has 0 aromatic carbocycles. The maximum Gasteiger partial charge on any atom is 0.315 e. The molecule has 8 heteroatoms. The zero-order valence-electron chi connectivity index (χ0n) is 14.6. The van der Waals surface area contributed by atoms with E-state index in [4.69, 9.17) is 0 Å². The van der Waals surface area contributed by atoms with Gasteiger partial charge in [-0.2, -0.15) is 0 Å². The molecule has 0 bridgehead atoms. The van der Waals surface area contributed by atoms with Gasteiger partial charge in [-0.25, -0.2) is 9.59 Å². The van der Waals surface area contributed by atoms with Crippen LogP contribution in [0.2, 0.25) is 0 Å². The SMILES string of the molecule is O=C(NCCCCNC(=O)NCc1cccnc1)NCc1cccnc1. The lowest BCUT2D eigenvalue weighted by molar-refractivity contribution is 0.238. The zero-order valence-corrected chi connectivity index (χ0v) is 14.6. The predicted molar refractivity (Wildman–Crippen MR) is 98.2 cm³/mol. The van der Waals surface area contributed by atoms with Crippen LogP contribution in [0.3, 0.4) is 0 Å². The number of nitrogens with zero attached hydrogens (tertiary/aromatic N) is 2. The molecule has 0 saturated heterocycles. The Morgan fingerprint density at radius 1 is 0.731 bits per heavy atom. The first-order valence-electron chi connectivity index (χ1n) is 8.55. The molecule has 0 unspecified atom stereocenters. The van der Waals surface area contributed by atoms with Gasteiger partial charge in [0.15, 0.2) is 0 Å². The van der Waals surface area contributed by atoms with Gasteiger partial charge in [0.05, 0.1) is 0 Å². The highest BCUT2D eigenvalue weighted by Crippen LogP contribution is 1.95. The predicted octanol–water partition coefficient (Wildman–Crippen LogP) is 1.56. The average molecular weight is 356 g/mol. The van der Waals surface area contributed by atoms with Gasteiger partial charge in [-0.15, -0.1) is 0 Å². The number of nitrogens with one attached hydrogen (secondary N) is 4.